The molecule has 0 radical (unpaired) electrons. The summed E-state index contributed by atoms with van der Waals surface area (Å²) >= 11 is 6.12. The van der Waals surface area contributed by atoms with Gasteiger partial charge in [-0.3, -0.25) is 9.59 Å². The van der Waals surface area contributed by atoms with Gasteiger partial charge in [0.1, 0.15) is 11.4 Å². The highest BCUT2D eigenvalue weighted by Crippen LogP contribution is 2.38. The van der Waals surface area contributed by atoms with E-state index in [1.54, 1.807) is 24.3 Å². The third-order valence-corrected chi connectivity index (χ3v) is 4.86. The molecule has 4 rings (SSSR count). The van der Waals surface area contributed by atoms with Gasteiger partial charge in [0.15, 0.2) is 5.43 Å². The van der Waals surface area contributed by atoms with Crippen molar-refractivity contribution in [3.05, 3.63) is 80.4 Å². The van der Waals surface area contributed by atoms with Gasteiger partial charge in [-0.05, 0) is 35.9 Å². The summed E-state index contributed by atoms with van der Waals surface area (Å²) in [6.07, 6.45) is 0. The highest BCUT2D eigenvalue weighted by molar-refractivity contribution is 6.30. The molecule has 0 bridgehead atoms. The van der Waals surface area contributed by atoms with Crippen LogP contribution in [0.3, 0.4) is 0 Å². The predicted octanol–water partition coefficient (Wildman–Crippen LogP) is 3.78. The molecule has 0 saturated carbocycles. The SMILES string of the molecule is COCCN1C(=O)c2oc3ccc(F)cc3c(=O)c2C1c1cccc(Cl)c1. The topological polar surface area (TPSA) is 59.8 Å². The van der Waals surface area contributed by atoms with Crippen LogP contribution in [0.5, 0.6) is 0 Å². The van der Waals surface area contributed by atoms with E-state index in [-0.39, 0.29) is 28.8 Å². The lowest BCUT2D eigenvalue weighted by atomic mass is 9.98. The summed E-state index contributed by atoms with van der Waals surface area (Å²) in [7, 11) is 1.53. The number of halogens is 2. The minimum atomic E-state index is -0.676. The fourth-order valence-corrected chi connectivity index (χ4v) is 3.63. The van der Waals surface area contributed by atoms with E-state index in [0.717, 1.165) is 6.07 Å². The van der Waals surface area contributed by atoms with Crippen LogP contribution in [0.4, 0.5) is 4.39 Å². The first kappa shape index (κ1) is 17.7. The molecule has 1 amide bonds. The minimum Gasteiger partial charge on any atom is -0.450 e. The fraction of sp³-hybridized carbons (Fsp3) is 0.200. The number of hydrogen-bond donors (Lipinski definition) is 0. The normalized spacial score (nSPS) is 16.2. The van der Waals surface area contributed by atoms with Gasteiger partial charge < -0.3 is 14.1 Å². The lowest BCUT2D eigenvalue weighted by Gasteiger charge is -2.24. The van der Waals surface area contributed by atoms with Gasteiger partial charge in [-0.25, -0.2) is 4.39 Å². The Balaban J connectivity index is 1.99. The molecule has 27 heavy (non-hydrogen) atoms. The Bertz CT molecular complexity index is 1110. The zero-order valence-electron chi connectivity index (χ0n) is 14.4. The monoisotopic (exact) mass is 387 g/mol. The maximum Gasteiger partial charge on any atom is 0.290 e. The molecular weight excluding hydrogens is 373 g/mol. The van der Waals surface area contributed by atoms with Gasteiger partial charge >= 0.3 is 0 Å². The predicted molar refractivity (Wildman–Crippen MR) is 98.6 cm³/mol. The van der Waals surface area contributed by atoms with E-state index in [9.17, 15) is 14.0 Å². The summed E-state index contributed by atoms with van der Waals surface area (Å²) in [6, 6.07) is 9.93. The lowest BCUT2D eigenvalue weighted by molar-refractivity contribution is 0.0663. The number of methoxy groups -OCH3 is 1. The summed E-state index contributed by atoms with van der Waals surface area (Å²) in [5.74, 6) is -0.981. The minimum absolute atomic E-state index is 0.0276. The zero-order valence-corrected chi connectivity index (χ0v) is 15.1. The molecule has 0 N–H and O–H groups in total. The van der Waals surface area contributed by atoms with E-state index in [1.165, 1.54) is 24.1 Å². The van der Waals surface area contributed by atoms with Crippen LogP contribution in [0.2, 0.25) is 5.02 Å². The molecule has 138 valence electrons. The van der Waals surface area contributed by atoms with Crippen LogP contribution in [-0.4, -0.2) is 31.1 Å². The molecule has 0 spiro atoms. The van der Waals surface area contributed by atoms with E-state index >= 15 is 0 Å². The Labute approximate surface area is 158 Å². The van der Waals surface area contributed by atoms with Crippen LogP contribution < -0.4 is 5.43 Å². The third-order valence-electron chi connectivity index (χ3n) is 4.63. The molecule has 2 heterocycles. The second-order valence-corrected chi connectivity index (χ2v) is 6.70. The first-order chi connectivity index (χ1) is 13.0. The van der Waals surface area contributed by atoms with Crippen LogP contribution >= 0.6 is 11.6 Å². The van der Waals surface area contributed by atoms with Gasteiger partial charge in [-0.2, -0.15) is 0 Å². The van der Waals surface area contributed by atoms with Crippen molar-refractivity contribution in [2.24, 2.45) is 0 Å². The van der Waals surface area contributed by atoms with E-state index in [0.29, 0.717) is 17.2 Å². The average molecular weight is 388 g/mol. The van der Waals surface area contributed by atoms with Crippen LogP contribution in [0, 0.1) is 5.82 Å². The third kappa shape index (κ3) is 2.91. The van der Waals surface area contributed by atoms with E-state index < -0.39 is 23.2 Å². The highest BCUT2D eigenvalue weighted by Gasteiger charge is 2.42. The molecule has 1 unspecified atom stereocenters. The number of hydrogen-bond acceptors (Lipinski definition) is 4. The Morgan fingerprint density at radius 1 is 1.22 bits per heavy atom. The largest absolute Gasteiger partial charge is 0.450 e. The average Bonchev–Trinajstić information content (AvgIpc) is 2.93. The van der Waals surface area contributed by atoms with Crippen LogP contribution in [-0.2, 0) is 4.74 Å². The maximum absolute atomic E-state index is 13.7. The molecule has 2 aromatic carbocycles. The maximum atomic E-state index is 13.7. The molecule has 1 atom stereocenters. The molecule has 0 saturated heterocycles. The fourth-order valence-electron chi connectivity index (χ4n) is 3.44. The molecule has 3 aromatic rings. The van der Waals surface area contributed by atoms with Crippen molar-refractivity contribution in [3.63, 3.8) is 0 Å². The van der Waals surface area contributed by atoms with Gasteiger partial charge in [-0.1, -0.05) is 23.7 Å². The second kappa shape index (κ2) is 6.79. The van der Waals surface area contributed by atoms with Gasteiger partial charge in [0, 0.05) is 18.7 Å². The number of ether oxygens (including phenoxy) is 1. The lowest BCUT2D eigenvalue weighted by Crippen LogP contribution is -2.32. The number of amides is 1. The van der Waals surface area contributed by atoms with Gasteiger partial charge in [-0.15, -0.1) is 0 Å². The van der Waals surface area contributed by atoms with Gasteiger partial charge in [0.05, 0.1) is 23.6 Å². The number of carbonyl (C=O) groups excluding carboxylic acids is 1. The molecule has 1 aliphatic rings. The molecule has 5 nitrogen and oxygen atoms in total. The Hall–Kier alpha value is -2.70. The molecule has 1 aliphatic heterocycles. The Morgan fingerprint density at radius 2 is 2.04 bits per heavy atom. The van der Waals surface area contributed by atoms with Crippen molar-refractivity contribution < 1.29 is 18.3 Å². The highest BCUT2D eigenvalue weighted by atomic mass is 35.5. The Kier molecular flexibility index (Phi) is 4.45. The summed E-state index contributed by atoms with van der Waals surface area (Å²) in [6.45, 7) is 0.556. The summed E-state index contributed by atoms with van der Waals surface area (Å²) in [5, 5.41) is 0.582. The van der Waals surface area contributed by atoms with E-state index in [4.69, 9.17) is 20.8 Å². The van der Waals surface area contributed by atoms with Crippen molar-refractivity contribution in [2.75, 3.05) is 20.3 Å². The van der Waals surface area contributed by atoms with Crippen molar-refractivity contribution in [3.8, 4) is 0 Å². The zero-order chi connectivity index (χ0) is 19.1. The number of benzene rings is 2. The van der Waals surface area contributed by atoms with Crippen LogP contribution in [0.1, 0.15) is 27.7 Å². The van der Waals surface area contributed by atoms with Crippen molar-refractivity contribution >= 4 is 28.5 Å². The molecule has 0 aliphatic carbocycles. The van der Waals surface area contributed by atoms with Crippen molar-refractivity contribution in [2.45, 2.75) is 6.04 Å². The second-order valence-electron chi connectivity index (χ2n) is 6.26. The first-order valence-corrected chi connectivity index (χ1v) is 8.70. The van der Waals surface area contributed by atoms with E-state index in [1.807, 2.05) is 0 Å². The quantitative estimate of drug-likeness (QED) is 0.683. The smallest absolute Gasteiger partial charge is 0.290 e. The summed E-state index contributed by atoms with van der Waals surface area (Å²) in [4.78, 5) is 27.6. The first-order valence-electron chi connectivity index (χ1n) is 8.33. The standard InChI is InChI=1S/C20H15ClFNO4/c1-26-8-7-23-17(11-3-2-4-12(21)9-11)16-18(24)14-10-13(22)5-6-15(14)27-19(16)20(23)25/h2-6,9-10,17H,7-8H2,1H3. The molecule has 0 fully saturated rings. The van der Waals surface area contributed by atoms with Crippen molar-refractivity contribution in [1.29, 1.82) is 0 Å². The number of carbonyl (C=O) groups is 1. The summed E-state index contributed by atoms with van der Waals surface area (Å²) in [5.41, 5.74) is 0.612. The Morgan fingerprint density at radius 3 is 2.78 bits per heavy atom. The number of rotatable bonds is 4. The van der Waals surface area contributed by atoms with Crippen molar-refractivity contribution in [1.82, 2.24) is 4.90 Å². The van der Waals surface area contributed by atoms with Gasteiger partial charge in [0.2, 0.25) is 5.76 Å². The molecule has 7 heteroatoms. The van der Waals surface area contributed by atoms with Crippen LogP contribution in [0.15, 0.2) is 51.7 Å². The number of nitrogens with zero attached hydrogens (tertiary/aromatic N) is 1. The van der Waals surface area contributed by atoms with Gasteiger partial charge in [0.25, 0.3) is 5.91 Å². The van der Waals surface area contributed by atoms with Crippen LogP contribution in [0.25, 0.3) is 11.0 Å². The number of fused-ring (bicyclic) bond motifs is 2. The van der Waals surface area contributed by atoms with E-state index in [2.05, 4.69) is 0 Å². The summed E-state index contributed by atoms with van der Waals surface area (Å²) < 4.78 is 24.5. The molecular formula is C20H15ClFNO4. The molecule has 1 aromatic heterocycles.